The van der Waals surface area contributed by atoms with Gasteiger partial charge in [0.05, 0.1) is 10.6 Å². The van der Waals surface area contributed by atoms with E-state index in [0.29, 0.717) is 11.6 Å². The zero-order chi connectivity index (χ0) is 19.6. The molecule has 0 N–H and O–H groups in total. The van der Waals surface area contributed by atoms with E-state index in [0.717, 1.165) is 17.7 Å². The van der Waals surface area contributed by atoms with Gasteiger partial charge in [-0.1, -0.05) is 78.3 Å². The van der Waals surface area contributed by atoms with Crippen molar-refractivity contribution in [3.63, 3.8) is 0 Å². The minimum Gasteiger partial charge on any atom is -0.266 e. The standard InChI is InChI=1S/C23H20ClNO2S/c24-21-11-13-22(14-12-21)28(26,27)25-16-15-20(18-7-3-1-4-8-18)17-23(25)19-9-5-2-6-10-19/h1-14,17,20H,15-16H2. The van der Waals surface area contributed by atoms with Gasteiger partial charge in [-0.05, 0) is 41.8 Å². The lowest BCUT2D eigenvalue weighted by Gasteiger charge is -2.33. The number of allylic oxidation sites excluding steroid dienone is 1. The van der Waals surface area contributed by atoms with Crippen LogP contribution >= 0.6 is 11.6 Å². The maximum absolute atomic E-state index is 13.4. The van der Waals surface area contributed by atoms with Crippen LogP contribution in [0.25, 0.3) is 5.70 Å². The van der Waals surface area contributed by atoms with Crippen LogP contribution in [0.1, 0.15) is 23.5 Å². The van der Waals surface area contributed by atoms with Crippen LogP contribution < -0.4 is 0 Å². The fourth-order valence-electron chi connectivity index (χ4n) is 3.53. The molecule has 3 nitrogen and oxygen atoms in total. The highest BCUT2D eigenvalue weighted by Crippen LogP contribution is 2.36. The second kappa shape index (κ2) is 7.82. The maximum Gasteiger partial charge on any atom is 0.264 e. The summed E-state index contributed by atoms with van der Waals surface area (Å²) in [6.07, 6.45) is 2.80. The minimum atomic E-state index is -3.68. The summed E-state index contributed by atoms with van der Waals surface area (Å²) in [6, 6.07) is 26.2. The van der Waals surface area contributed by atoms with Crippen LogP contribution in [0.2, 0.25) is 5.02 Å². The van der Waals surface area contributed by atoms with Crippen molar-refractivity contribution < 1.29 is 8.42 Å². The summed E-state index contributed by atoms with van der Waals surface area (Å²) in [7, 11) is -3.68. The number of rotatable bonds is 4. The molecule has 1 unspecified atom stereocenters. The van der Waals surface area contributed by atoms with Crippen molar-refractivity contribution in [3.8, 4) is 0 Å². The van der Waals surface area contributed by atoms with Crippen LogP contribution in [-0.4, -0.2) is 19.3 Å². The summed E-state index contributed by atoms with van der Waals surface area (Å²) in [5, 5.41) is 0.514. The molecule has 3 aromatic carbocycles. The predicted molar refractivity (Wildman–Crippen MR) is 114 cm³/mol. The summed E-state index contributed by atoms with van der Waals surface area (Å²) < 4.78 is 28.3. The zero-order valence-corrected chi connectivity index (χ0v) is 16.8. The molecule has 0 radical (unpaired) electrons. The second-order valence-corrected chi connectivity index (χ2v) is 9.05. The maximum atomic E-state index is 13.4. The average molecular weight is 410 g/mol. The van der Waals surface area contributed by atoms with Crippen molar-refractivity contribution in [3.05, 3.63) is 107 Å². The Bertz CT molecular complexity index is 1080. The van der Waals surface area contributed by atoms with Crippen molar-refractivity contribution in [1.82, 2.24) is 4.31 Å². The van der Waals surface area contributed by atoms with Crippen molar-refractivity contribution in [2.24, 2.45) is 0 Å². The number of hydrogen-bond donors (Lipinski definition) is 0. The zero-order valence-electron chi connectivity index (χ0n) is 15.2. The molecule has 0 bridgehead atoms. The van der Waals surface area contributed by atoms with Gasteiger partial charge >= 0.3 is 0 Å². The van der Waals surface area contributed by atoms with Crippen molar-refractivity contribution >= 4 is 27.3 Å². The molecule has 0 amide bonds. The van der Waals surface area contributed by atoms with E-state index in [9.17, 15) is 8.42 Å². The SMILES string of the molecule is O=S(=O)(c1ccc(Cl)cc1)N1CCC(c2ccccc2)C=C1c1ccccc1. The lowest BCUT2D eigenvalue weighted by atomic mass is 9.91. The Balaban J connectivity index is 1.79. The third kappa shape index (κ3) is 3.71. The largest absolute Gasteiger partial charge is 0.266 e. The molecule has 4 rings (SSSR count). The minimum absolute atomic E-state index is 0.174. The summed E-state index contributed by atoms with van der Waals surface area (Å²) in [5.41, 5.74) is 2.80. The van der Waals surface area contributed by atoms with Gasteiger partial charge in [-0.15, -0.1) is 0 Å². The quantitative estimate of drug-likeness (QED) is 0.565. The van der Waals surface area contributed by atoms with E-state index in [-0.39, 0.29) is 10.8 Å². The highest BCUT2D eigenvalue weighted by molar-refractivity contribution is 7.89. The van der Waals surface area contributed by atoms with Crippen LogP contribution in [0.4, 0.5) is 0 Å². The van der Waals surface area contributed by atoms with Gasteiger partial charge < -0.3 is 0 Å². The first kappa shape index (κ1) is 18.8. The topological polar surface area (TPSA) is 37.4 Å². The van der Waals surface area contributed by atoms with Crippen LogP contribution in [-0.2, 0) is 10.0 Å². The first-order valence-electron chi connectivity index (χ1n) is 9.16. The molecule has 1 heterocycles. The number of benzene rings is 3. The van der Waals surface area contributed by atoms with E-state index in [1.165, 1.54) is 9.87 Å². The van der Waals surface area contributed by atoms with Gasteiger partial charge in [0.25, 0.3) is 10.0 Å². The van der Waals surface area contributed by atoms with Gasteiger partial charge in [0, 0.05) is 17.5 Å². The van der Waals surface area contributed by atoms with Crippen molar-refractivity contribution in [2.75, 3.05) is 6.54 Å². The molecule has 5 heteroatoms. The van der Waals surface area contributed by atoms with Crippen molar-refractivity contribution in [2.45, 2.75) is 17.2 Å². The smallest absolute Gasteiger partial charge is 0.264 e. The number of hydrogen-bond acceptors (Lipinski definition) is 2. The number of halogens is 1. The van der Waals surface area contributed by atoms with Gasteiger partial charge in [-0.2, -0.15) is 0 Å². The summed E-state index contributed by atoms with van der Waals surface area (Å²) in [5.74, 6) is 0.174. The normalized spacial score (nSPS) is 17.2. The van der Waals surface area contributed by atoms with E-state index in [2.05, 4.69) is 18.2 Å². The van der Waals surface area contributed by atoms with Gasteiger partial charge in [-0.3, -0.25) is 4.31 Å². The lowest BCUT2D eigenvalue weighted by molar-refractivity contribution is 0.476. The average Bonchev–Trinajstić information content (AvgIpc) is 2.75. The first-order chi connectivity index (χ1) is 13.6. The molecule has 0 saturated carbocycles. The molecule has 0 aromatic heterocycles. The Labute approximate surface area is 170 Å². The highest BCUT2D eigenvalue weighted by Gasteiger charge is 2.31. The Morgan fingerprint density at radius 2 is 1.43 bits per heavy atom. The van der Waals surface area contributed by atoms with Crippen molar-refractivity contribution in [1.29, 1.82) is 0 Å². The number of sulfonamides is 1. The third-order valence-corrected chi connectivity index (χ3v) is 7.05. The molecule has 3 aromatic rings. The van der Waals surface area contributed by atoms with Crippen LogP contribution in [0.15, 0.2) is 95.9 Å². The van der Waals surface area contributed by atoms with Crippen LogP contribution in [0.3, 0.4) is 0 Å². The molecule has 0 spiro atoms. The van der Waals surface area contributed by atoms with E-state index < -0.39 is 10.0 Å². The molecule has 0 saturated heterocycles. The van der Waals surface area contributed by atoms with E-state index in [4.69, 9.17) is 11.6 Å². The predicted octanol–water partition coefficient (Wildman–Crippen LogP) is 5.56. The molecule has 142 valence electrons. The van der Waals surface area contributed by atoms with E-state index in [1.54, 1.807) is 24.3 Å². The third-order valence-electron chi connectivity index (χ3n) is 4.97. The Morgan fingerprint density at radius 1 is 0.821 bits per heavy atom. The summed E-state index contributed by atoms with van der Waals surface area (Å²) in [4.78, 5) is 0.247. The van der Waals surface area contributed by atoms with Gasteiger partial charge in [0.1, 0.15) is 0 Å². The molecular formula is C23H20ClNO2S. The fraction of sp³-hybridized carbons (Fsp3) is 0.130. The summed E-state index contributed by atoms with van der Waals surface area (Å²) >= 11 is 5.94. The van der Waals surface area contributed by atoms with Crippen LogP contribution in [0, 0.1) is 0 Å². The molecule has 1 aliphatic heterocycles. The number of nitrogens with zero attached hydrogens (tertiary/aromatic N) is 1. The molecule has 1 aliphatic rings. The van der Waals surface area contributed by atoms with E-state index in [1.807, 2.05) is 48.5 Å². The van der Waals surface area contributed by atoms with Crippen LogP contribution in [0.5, 0.6) is 0 Å². The second-order valence-electron chi connectivity index (χ2n) is 6.75. The van der Waals surface area contributed by atoms with Gasteiger partial charge in [-0.25, -0.2) is 8.42 Å². The molecule has 28 heavy (non-hydrogen) atoms. The Morgan fingerprint density at radius 3 is 2.07 bits per heavy atom. The lowest BCUT2D eigenvalue weighted by Crippen LogP contribution is -2.34. The Kier molecular flexibility index (Phi) is 5.25. The molecular weight excluding hydrogens is 390 g/mol. The molecule has 0 fully saturated rings. The molecule has 1 atom stereocenters. The summed E-state index contributed by atoms with van der Waals surface area (Å²) in [6.45, 7) is 0.422. The monoisotopic (exact) mass is 409 g/mol. The van der Waals surface area contributed by atoms with Gasteiger partial charge in [0.15, 0.2) is 0 Å². The highest BCUT2D eigenvalue weighted by atomic mass is 35.5. The first-order valence-corrected chi connectivity index (χ1v) is 11.0. The molecule has 0 aliphatic carbocycles. The Hall–Kier alpha value is -2.56. The van der Waals surface area contributed by atoms with Gasteiger partial charge in [0.2, 0.25) is 0 Å². The van der Waals surface area contributed by atoms with E-state index >= 15 is 0 Å². The fourth-order valence-corrected chi connectivity index (χ4v) is 5.16.